The van der Waals surface area contributed by atoms with Crippen LogP contribution >= 0.6 is 0 Å². The number of carbonyl (C=O) groups excluding carboxylic acids is 1. The summed E-state index contributed by atoms with van der Waals surface area (Å²) >= 11 is 0. The van der Waals surface area contributed by atoms with E-state index in [1.54, 1.807) is 31.2 Å². The average molecular weight is 498 g/mol. The van der Waals surface area contributed by atoms with Crippen LogP contribution in [0.4, 0.5) is 5.69 Å². The van der Waals surface area contributed by atoms with Crippen LogP contribution in [0.1, 0.15) is 25.2 Å². The number of amides is 1. The van der Waals surface area contributed by atoms with Gasteiger partial charge in [0.05, 0.1) is 16.1 Å². The molecule has 1 aliphatic heterocycles. The fraction of sp³-hybridized carbons (Fsp3) is 0.304. The number of oxazole rings is 1. The van der Waals surface area contributed by atoms with Crippen LogP contribution in [-0.2, 0) is 21.4 Å². The van der Waals surface area contributed by atoms with Gasteiger partial charge < -0.3 is 14.3 Å². The topological polar surface area (TPSA) is 141 Å². The van der Waals surface area contributed by atoms with Crippen molar-refractivity contribution in [2.45, 2.75) is 37.6 Å². The number of sulfonamides is 1. The molecule has 0 saturated carbocycles. The second kappa shape index (κ2) is 9.12. The van der Waals surface area contributed by atoms with Gasteiger partial charge in [-0.25, -0.2) is 13.2 Å². The minimum Gasteiger partial charge on any atom is -0.408 e. The summed E-state index contributed by atoms with van der Waals surface area (Å²) in [5, 5.41) is 6.71. The number of rotatable bonds is 7. The Morgan fingerprint density at radius 3 is 2.66 bits per heavy atom. The summed E-state index contributed by atoms with van der Waals surface area (Å²) in [5.41, 5.74) is 1.70. The Morgan fingerprint density at radius 1 is 1.14 bits per heavy atom. The highest BCUT2D eigenvalue weighted by atomic mass is 32.2. The first-order valence-corrected chi connectivity index (χ1v) is 12.6. The molecule has 35 heavy (non-hydrogen) atoms. The zero-order valence-electron chi connectivity index (χ0n) is 18.9. The van der Waals surface area contributed by atoms with Crippen molar-refractivity contribution in [1.82, 2.24) is 19.0 Å². The number of fused-ring (bicyclic) bond motifs is 1. The Labute approximate surface area is 200 Å². The summed E-state index contributed by atoms with van der Waals surface area (Å²) in [4.78, 5) is 29.4. The van der Waals surface area contributed by atoms with Crippen LogP contribution in [0.3, 0.4) is 0 Å². The monoisotopic (exact) mass is 497 g/mol. The van der Waals surface area contributed by atoms with Crippen LogP contribution in [0.15, 0.2) is 61.1 Å². The molecule has 1 aliphatic rings. The molecular weight excluding hydrogens is 474 g/mol. The lowest BCUT2D eigenvalue weighted by Gasteiger charge is -2.15. The molecule has 12 heteroatoms. The molecule has 11 nitrogen and oxygen atoms in total. The van der Waals surface area contributed by atoms with Crippen molar-refractivity contribution in [1.29, 1.82) is 0 Å². The van der Waals surface area contributed by atoms with E-state index in [1.165, 1.54) is 27.1 Å². The molecule has 2 aromatic carbocycles. The molecule has 0 bridgehead atoms. The van der Waals surface area contributed by atoms with Gasteiger partial charge in [0.2, 0.25) is 27.6 Å². The van der Waals surface area contributed by atoms with E-state index in [0.29, 0.717) is 41.6 Å². The van der Waals surface area contributed by atoms with Gasteiger partial charge in [0.1, 0.15) is 0 Å². The molecule has 0 aliphatic carbocycles. The number of aromatic nitrogens is 3. The van der Waals surface area contributed by atoms with Gasteiger partial charge in [-0.15, -0.1) is 0 Å². The summed E-state index contributed by atoms with van der Waals surface area (Å²) in [6.07, 6.45) is 1.64. The molecule has 0 unspecified atom stereocenters. The highest BCUT2D eigenvalue weighted by Gasteiger charge is 2.28. The van der Waals surface area contributed by atoms with Crippen molar-refractivity contribution in [3.05, 3.63) is 58.9 Å². The third-order valence-electron chi connectivity index (χ3n) is 5.87. The Morgan fingerprint density at radius 2 is 1.91 bits per heavy atom. The number of carbonyl (C=O) groups is 1. The second-order valence-corrected chi connectivity index (χ2v) is 10.2. The number of aryl methyl sites for hydroxylation is 2. The van der Waals surface area contributed by atoms with Gasteiger partial charge in [-0.3, -0.25) is 9.36 Å². The summed E-state index contributed by atoms with van der Waals surface area (Å²) in [5.74, 6) is -0.225. The zero-order chi connectivity index (χ0) is 24.6. The highest BCUT2D eigenvalue weighted by Crippen LogP contribution is 2.26. The summed E-state index contributed by atoms with van der Waals surface area (Å²) in [6, 6.07) is 11.4. The smallest absolute Gasteiger partial charge is 0.408 e. The third kappa shape index (κ3) is 4.49. The maximum atomic E-state index is 12.8. The Hall–Kier alpha value is -3.77. The first-order chi connectivity index (χ1) is 16.8. The van der Waals surface area contributed by atoms with E-state index in [-0.39, 0.29) is 29.4 Å². The first kappa shape index (κ1) is 23.0. The molecule has 0 atom stereocenters. The number of para-hydroxylation sites is 1. The summed E-state index contributed by atoms with van der Waals surface area (Å²) in [7, 11) is -3.64. The molecule has 1 saturated heterocycles. The SMILES string of the molecule is Cc1nc(-c2ccccc2NC(=O)CCn2c(=O)oc3cc(S(=O)(=O)N4CCCC4)ccc32)no1. The quantitative estimate of drug-likeness (QED) is 0.411. The van der Waals surface area contributed by atoms with Crippen molar-refractivity contribution in [2.24, 2.45) is 0 Å². The maximum absolute atomic E-state index is 12.8. The highest BCUT2D eigenvalue weighted by molar-refractivity contribution is 7.89. The van der Waals surface area contributed by atoms with Gasteiger partial charge in [0.15, 0.2) is 5.58 Å². The molecular formula is C23H23N5O6S. The van der Waals surface area contributed by atoms with Crippen molar-refractivity contribution < 1.29 is 22.2 Å². The van der Waals surface area contributed by atoms with Gasteiger partial charge in [0.25, 0.3) is 0 Å². The van der Waals surface area contributed by atoms with E-state index in [9.17, 15) is 18.0 Å². The van der Waals surface area contributed by atoms with E-state index in [2.05, 4.69) is 15.5 Å². The minimum absolute atomic E-state index is 0.0119. The Kier molecular flexibility index (Phi) is 5.99. The van der Waals surface area contributed by atoms with Gasteiger partial charge >= 0.3 is 5.76 Å². The molecule has 1 N–H and O–H groups in total. The molecule has 0 spiro atoms. The molecule has 4 aromatic rings. The maximum Gasteiger partial charge on any atom is 0.419 e. The lowest BCUT2D eigenvalue weighted by Crippen LogP contribution is -2.27. The lowest BCUT2D eigenvalue weighted by molar-refractivity contribution is -0.116. The van der Waals surface area contributed by atoms with Crippen LogP contribution in [0, 0.1) is 6.92 Å². The normalized spacial score (nSPS) is 14.5. The van der Waals surface area contributed by atoms with Gasteiger partial charge in [-0.05, 0) is 37.1 Å². The largest absolute Gasteiger partial charge is 0.419 e. The van der Waals surface area contributed by atoms with E-state index in [0.717, 1.165) is 12.8 Å². The van der Waals surface area contributed by atoms with E-state index < -0.39 is 15.8 Å². The number of anilines is 1. The number of hydrogen-bond acceptors (Lipinski definition) is 8. The fourth-order valence-corrected chi connectivity index (χ4v) is 5.65. The van der Waals surface area contributed by atoms with Crippen LogP contribution in [0.2, 0.25) is 0 Å². The zero-order valence-corrected chi connectivity index (χ0v) is 19.7. The lowest BCUT2D eigenvalue weighted by atomic mass is 10.1. The Bertz CT molecular complexity index is 1560. The van der Waals surface area contributed by atoms with E-state index in [1.807, 2.05) is 0 Å². The standard InChI is InChI=1S/C23H23N5O6S/c1-15-24-22(26-34-15)17-6-2-3-7-18(17)25-21(29)10-13-28-19-9-8-16(14-20(19)33-23(28)30)35(31,32)27-11-4-5-12-27/h2-3,6-9,14H,4-5,10-13H2,1H3,(H,25,29). The fourth-order valence-electron chi connectivity index (χ4n) is 4.12. The predicted octanol–water partition coefficient (Wildman–Crippen LogP) is 2.77. The molecule has 2 aromatic heterocycles. The number of benzene rings is 2. The van der Waals surface area contributed by atoms with Gasteiger partial charge in [-0.2, -0.15) is 9.29 Å². The number of nitrogens with one attached hydrogen (secondary N) is 1. The van der Waals surface area contributed by atoms with Crippen molar-refractivity contribution in [2.75, 3.05) is 18.4 Å². The van der Waals surface area contributed by atoms with E-state index in [4.69, 9.17) is 8.94 Å². The third-order valence-corrected chi connectivity index (χ3v) is 7.77. The second-order valence-electron chi connectivity index (χ2n) is 8.24. The number of nitrogens with zero attached hydrogens (tertiary/aromatic N) is 4. The van der Waals surface area contributed by atoms with Crippen molar-refractivity contribution >= 4 is 32.7 Å². The molecule has 0 radical (unpaired) electrons. The van der Waals surface area contributed by atoms with Crippen molar-refractivity contribution in [3.8, 4) is 11.4 Å². The summed E-state index contributed by atoms with van der Waals surface area (Å²) in [6.45, 7) is 2.70. The molecule has 1 amide bonds. The van der Waals surface area contributed by atoms with E-state index >= 15 is 0 Å². The molecule has 5 rings (SSSR count). The summed E-state index contributed by atoms with van der Waals surface area (Å²) < 4.78 is 38.7. The van der Waals surface area contributed by atoms with Crippen LogP contribution in [-0.4, -0.2) is 46.4 Å². The van der Waals surface area contributed by atoms with Gasteiger partial charge in [-0.1, -0.05) is 17.3 Å². The average Bonchev–Trinajstić information content (AvgIpc) is 3.58. The van der Waals surface area contributed by atoms with Crippen LogP contribution in [0.5, 0.6) is 0 Å². The first-order valence-electron chi connectivity index (χ1n) is 11.2. The van der Waals surface area contributed by atoms with Crippen LogP contribution in [0.25, 0.3) is 22.5 Å². The van der Waals surface area contributed by atoms with Gasteiger partial charge in [0, 0.05) is 44.6 Å². The van der Waals surface area contributed by atoms with Crippen LogP contribution < -0.4 is 11.1 Å². The Balaban J connectivity index is 1.32. The number of hydrogen-bond donors (Lipinski definition) is 1. The molecule has 3 heterocycles. The minimum atomic E-state index is -3.64. The molecule has 182 valence electrons. The molecule has 1 fully saturated rings. The predicted molar refractivity (Wildman–Crippen MR) is 126 cm³/mol. The van der Waals surface area contributed by atoms with Crippen molar-refractivity contribution in [3.63, 3.8) is 0 Å².